The molecule has 1 heterocycles. The number of piperazine rings is 1. The first-order chi connectivity index (χ1) is 12.1. The zero-order valence-corrected chi connectivity index (χ0v) is 15.3. The molecule has 1 aliphatic rings. The largest absolute Gasteiger partial charge is 0.484 e. The van der Waals surface area contributed by atoms with Crippen LogP contribution in [0.15, 0.2) is 42.5 Å². The Hall–Kier alpha value is -2.49. The average molecular weight is 338 g/mol. The van der Waals surface area contributed by atoms with Gasteiger partial charge in [0.25, 0.3) is 5.91 Å². The topological polar surface area (TPSA) is 32.8 Å². The van der Waals surface area contributed by atoms with E-state index in [0.29, 0.717) is 0 Å². The molecular weight excluding hydrogens is 312 g/mol. The molecule has 0 aliphatic carbocycles. The van der Waals surface area contributed by atoms with Crippen LogP contribution < -0.4 is 9.64 Å². The molecule has 0 aromatic heterocycles. The third kappa shape index (κ3) is 3.95. The summed E-state index contributed by atoms with van der Waals surface area (Å²) in [6, 6.07) is 14.2. The quantitative estimate of drug-likeness (QED) is 0.857. The Balaban J connectivity index is 1.54. The number of rotatable bonds is 4. The van der Waals surface area contributed by atoms with Crippen LogP contribution in [0.3, 0.4) is 0 Å². The zero-order chi connectivity index (χ0) is 17.8. The second-order valence-electron chi connectivity index (χ2n) is 6.64. The molecule has 1 amide bonds. The summed E-state index contributed by atoms with van der Waals surface area (Å²) in [7, 11) is 0. The summed E-state index contributed by atoms with van der Waals surface area (Å²) in [5.74, 6) is 0.841. The summed E-state index contributed by atoms with van der Waals surface area (Å²) in [5, 5.41) is 0. The van der Waals surface area contributed by atoms with Gasteiger partial charge in [-0.15, -0.1) is 0 Å². The molecule has 4 heteroatoms. The van der Waals surface area contributed by atoms with Crippen LogP contribution in [0.2, 0.25) is 0 Å². The number of ether oxygens (including phenoxy) is 1. The number of nitrogens with zero attached hydrogens (tertiary/aromatic N) is 2. The van der Waals surface area contributed by atoms with Gasteiger partial charge in [-0.2, -0.15) is 0 Å². The van der Waals surface area contributed by atoms with Crippen LogP contribution in [-0.2, 0) is 4.79 Å². The van der Waals surface area contributed by atoms with E-state index in [4.69, 9.17) is 4.74 Å². The molecule has 0 radical (unpaired) electrons. The second-order valence-corrected chi connectivity index (χ2v) is 6.64. The SMILES string of the molecule is Cc1ccccc1OCC(=O)N1CCN(c2cccc(C)c2C)CC1. The van der Waals surface area contributed by atoms with E-state index in [9.17, 15) is 4.79 Å². The monoisotopic (exact) mass is 338 g/mol. The van der Waals surface area contributed by atoms with Crippen molar-refractivity contribution in [3.8, 4) is 5.75 Å². The highest BCUT2D eigenvalue weighted by atomic mass is 16.5. The number of aryl methyl sites for hydroxylation is 2. The van der Waals surface area contributed by atoms with Crippen molar-refractivity contribution < 1.29 is 9.53 Å². The van der Waals surface area contributed by atoms with Crippen LogP contribution in [0.25, 0.3) is 0 Å². The van der Waals surface area contributed by atoms with Crippen molar-refractivity contribution in [1.29, 1.82) is 0 Å². The minimum Gasteiger partial charge on any atom is -0.484 e. The molecule has 0 bridgehead atoms. The third-order valence-corrected chi connectivity index (χ3v) is 4.99. The van der Waals surface area contributed by atoms with E-state index in [1.54, 1.807) is 0 Å². The van der Waals surface area contributed by atoms with Crippen LogP contribution in [0.4, 0.5) is 5.69 Å². The van der Waals surface area contributed by atoms with Crippen LogP contribution >= 0.6 is 0 Å². The van der Waals surface area contributed by atoms with E-state index in [2.05, 4.69) is 36.9 Å². The van der Waals surface area contributed by atoms with E-state index in [1.165, 1.54) is 16.8 Å². The fourth-order valence-corrected chi connectivity index (χ4v) is 3.22. The van der Waals surface area contributed by atoms with Crippen molar-refractivity contribution in [1.82, 2.24) is 4.90 Å². The molecular formula is C21H26N2O2. The minimum atomic E-state index is 0.0591. The average Bonchev–Trinajstić information content (AvgIpc) is 2.63. The molecule has 25 heavy (non-hydrogen) atoms. The summed E-state index contributed by atoms with van der Waals surface area (Å²) in [5.41, 5.74) is 4.96. The Labute approximate surface area is 150 Å². The number of carbonyl (C=O) groups excluding carboxylic acids is 1. The number of para-hydroxylation sites is 1. The van der Waals surface area contributed by atoms with Gasteiger partial charge in [0.15, 0.2) is 6.61 Å². The van der Waals surface area contributed by atoms with Crippen molar-refractivity contribution in [2.75, 3.05) is 37.7 Å². The number of hydrogen-bond donors (Lipinski definition) is 0. The van der Waals surface area contributed by atoms with Gasteiger partial charge >= 0.3 is 0 Å². The Morgan fingerprint density at radius 1 is 0.920 bits per heavy atom. The lowest BCUT2D eigenvalue weighted by Crippen LogP contribution is -2.50. The zero-order valence-electron chi connectivity index (χ0n) is 15.3. The van der Waals surface area contributed by atoms with E-state index >= 15 is 0 Å². The van der Waals surface area contributed by atoms with Crippen LogP contribution in [0.1, 0.15) is 16.7 Å². The van der Waals surface area contributed by atoms with Crippen molar-refractivity contribution in [2.45, 2.75) is 20.8 Å². The molecule has 1 fully saturated rings. The molecule has 0 spiro atoms. The van der Waals surface area contributed by atoms with Gasteiger partial charge in [0.05, 0.1) is 0 Å². The first-order valence-electron chi connectivity index (χ1n) is 8.83. The molecule has 4 nitrogen and oxygen atoms in total. The van der Waals surface area contributed by atoms with Gasteiger partial charge in [-0.1, -0.05) is 30.3 Å². The van der Waals surface area contributed by atoms with Crippen molar-refractivity contribution in [2.24, 2.45) is 0 Å². The molecule has 0 atom stereocenters. The third-order valence-electron chi connectivity index (χ3n) is 4.99. The standard InChI is InChI=1S/C21H26N2O2/c1-16-8-6-9-19(18(16)3)22-11-13-23(14-12-22)21(24)15-25-20-10-5-4-7-17(20)2/h4-10H,11-15H2,1-3H3. The van der Waals surface area contributed by atoms with Gasteiger partial charge < -0.3 is 14.5 Å². The van der Waals surface area contributed by atoms with Crippen LogP contribution in [0, 0.1) is 20.8 Å². The lowest BCUT2D eigenvalue weighted by atomic mass is 10.1. The predicted molar refractivity (Wildman–Crippen MR) is 101 cm³/mol. The first-order valence-corrected chi connectivity index (χ1v) is 8.83. The molecule has 0 unspecified atom stereocenters. The molecule has 0 N–H and O–H groups in total. The Kier molecular flexibility index (Phi) is 5.27. The number of amides is 1. The number of hydrogen-bond acceptors (Lipinski definition) is 3. The number of anilines is 1. The fraction of sp³-hybridized carbons (Fsp3) is 0.381. The maximum atomic E-state index is 12.4. The minimum absolute atomic E-state index is 0.0591. The lowest BCUT2D eigenvalue weighted by Gasteiger charge is -2.37. The van der Waals surface area contributed by atoms with Crippen LogP contribution in [0.5, 0.6) is 5.75 Å². The Morgan fingerprint density at radius 3 is 2.32 bits per heavy atom. The summed E-state index contributed by atoms with van der Waals surface area (Å²) in [4.78, 5) is 16.7. The van der Waals surface area contributed by atoms with Gasteiger partial charge in [0.1, 0.15) is 5.75 Å². The molecule has 1 saturated heterocycles. The Bertz CT molecular complexity index is 749. The summed E-state index contributed by atoms with van der Waals surface area (Å²) < 4.78 is 5.69. The van der Waals surface area contributed by atoms with Gasteiger partial charge in [-0.05, 0) is 49.6 Å². The van der Waals surface area contributed by atoms with Crippen molar-refractivity contribution in [3.63, 3.8) is 0 Å². The highest BCUT2D eigenvalue weighted by Crippen LogP contribution is 2.24. The smallest absolute Gasteiger partial charge is 0.260 e. The van der Waals surface area contributed by atoms with Crippen molar-refractivity contribution in [3.05, 3.63) is 59.2 Å². The summed E-state index contributed by atoms with van der Waals surface area (Å²) in [6.07, 6.45) is 0. The normalized spacial score (nSPS) is 14.5. The highest BCUT2D eigenvalue weighted by Gasteiger charge is 2.22. The van der Waals surface area contributed by atoms with E-state index in [1.807, 2.05) is 36.1 Å². The fourth-order valence-electron chi connectivity index (χ4n) is 3.22. The maximum Gasteiger partial charge on any atom is 0.260 e. The van der Waals surface area contributed by atoms with Gasteiger partial charge in [-0.25, -0.2) is 0 Å². The number of carbonyl (C=O) groups is 1. The lowest BCUT2D eigenvalue weighted by molar-refractivity contribution is -0.133. The van der Waals surface area contributed by atoms with Crippen LogP contribution in [-0.4, -0.2) is 43.6 Å². The molecule has 1 aliphatic heterocycles. The molecule has 2 aromatic rings. The van der Waals surface area contributed by atoms with E-state index in [-0.39, 0.29) is 12.5 Å². The van der Waals surface area contributed by atoms with E-state index in [0.717, 1.165) is 37.5 Å². The van der Waals surface area contributed by atoms with Gasteiger partial charge in [0.2, 0.25) is 0 Å². The van der Waals surface area contributed by atoms with Gasteiger partial charge in [0, 0.05) is 31.9 Å². The first kappa shape index (κ1) is 17.3. The second kappa shape index (κ2) is 7.60. The molecule has 3 rings (SSSR count). The van der Waals surface area contributed by atoms with Gasteiger partial charge in [-0.3, -0.25) is 4.79 Å². The molecule has 132 valence electrons. The molecule has 0 saturated carbocycles. The Morgan fingerprint density at radius 2 is 1.60 bits per heavy atom. The predicted octanol–water partition coefficient (Wildman–Crippen LogP) is 3.34. The highest BCUT2D eigenvalue weighted by molar-refractivity contribution is 5.78. The summed E-state index contributed by atoms with van der Waals surface area (Å²) in [6.45, 7) is 9.60. The summed E-state index contributed by atoms with van der Waals surface area (Å²) >= 11 is 0. The molecule has 2 aromatic carbocycles. The van der Waals surface area contributed by atoms with E-state index < -0.39 is 0 Å². The number of benzene rings is 2. The van der Waals surface area contributed by atoms with Crippen molar-refractivity contribution >= 4 is 11.6 Å². The maximum absolute atomic E-state index is 12.4.